The largest absolute Gasteiger partial charge is 0.390 e. The van der Waals surface area contributed by atoms with Crippen molar-refractivity contribution in [3.8, 4) is 0 Å². The van der Waals surface area contributed by atoms with Crippen molar-refractivity contribution in [1.82, 2.24) is 0 Å². The van der Waals surface area contributed by atoms with E-state index in [0.717, 1.165) is 6.08 Å². The second kappa shape index (κ2) is 5.79. The summed E-state index contributed by atoms with van der Waals surface area (Å²) in [5.41, 5.74) is -6.49. The highest BCUT2D eigenvalue weighted by molar-refractivity contribution is 6.29. The highest BCUT2D eigenvalue weighted by Crippen LogP contribution is 2.70. The number of fused-ring (bicyclic) bond motifs is 5. The second-order valence-corrected chi connectivity index (χ2v) is 9.54. The van der Waals surface area contributed by atoms with Gasteiger partial charge >= 0.3 is 0 Å². The fraction of sp³-hybridized carbons (Fsp3) is 0.636. The zero-order chi connectivity index (χ0) is 21.6. The van der Waals surface area contributed by atoms with Gasteiger partial charge < -0.3 is 10.2 Å². The molecule has 0 aromatic rings. The number of hydrogen-bond acceptors (Lipinski definition) is 6. The predicted octanol–water partition coefficient (Wildman–Crippen LogP) is 1.43. The lowest BCUT2D eigenvalue weighted by Crippen LogP contribution is -2.70. The summed E-state index contributed by atoms with van der Waals surface area (Å²) >= 11 is 0. The van der Waals surface area contributed by atoms with Gasteiger partial charge in [0.25, 0.3) is 0 Å². The van der Waals surface area contributed by atoms with E-state index in [9.17, 15) is 29.4 Å². The van der Waals surface area contributed by atoms with Gasteiger partial charge in [0.05, 0.1) is 11.5 Å². The third kappa shape index (κ3) is 2.07. The van der Waals surface area contributed by atoms with E-state index >= 15 is 4.39 Å². The number of hydrogen-bond donors (Lipinski definition) is 2. The number of aliphatic hydroxyl groups is 2. The van der Waals surface area contributed by atoms with Gasteiger partial charge in [0.1, 0.15) is 5.60 Å². The molecular weight excluding hydrogens is 379 g/mol. The van der Waals surface area contributed by atoms with Crippen LogP contribution in [0.2, 0.25) is 0 Å². The van der Waals surface area contributed by atoms with Crippen LogP contribution in [-0.2, 0) is 19.2 Å². The average molecular weight is 404 g/mol. The van der Waals surface area contributed by atoms with Gasteiger partial charge in [-0.15, -0.1) is 0 Å². The molecule has 3 fully saturated rings. The molecule has 0 amide bonds. The van der Waals surface area contributed by atoms with E-state index in [1.807, 2.05) is 0 Å². The van der Waals surface area contributed by atoms with Gasteiger partial charge in [-0.3, -0.25) is 19.2 Å². The monoisotopic (exact) mass is 404 g/mol. The quantitative estimate of drug-likeness (QED) is 0.532. The Balaban J connectivity index is 1.90. The van der Waals surface area contributed by atoms with E-state index in [1.54, 1.807) is 20.8 Å². The number of ketones is 3. The highest BCUT2D eigenvalue weighted by atomic mass is 19.1. The molecule has 4 aliphatic carbocycles. The zero-order valence-electron chi connectivity index (χ0n) is 16.7. The lowest BCUT2D eigenvalue weighted by molar-refractivity contribution is -0.216. The molecule has 6 nitrogen and oxygen atoms in total. The number of aldehydes is 1. The van der Waals surface area contributed by atoms with Gasteiger partial charge in [-0.25, -0.2) is 4.39 Å². The van der Waals surface area contributed by atoms with Gasteiger partial charge in [0.2, 0.25) is 5.78 Å². The van der Waals surface area contributed by atoms with Gasteiger partial charge in [-0.1, -0.05) is 12.5 Å². The number of carbonyl (C=O) groups excluding carboxylic acids is 4. The number of carbonyl (C=O) groups is 4. The highest BCUT2D eigenvalue weighted by Gasteiger charge is 2.75. The van der Waals surface area contributed by atoms with Crippen molar-refractivity contribution in [3.05, 3.63) is 23.3 Å². The molecule has 0 heterocycles. The lowest BCUT2D eigenvalue weighted by Gasteiger charge is -2.62. The van der Waals surface area contributed by atoms with Crippen LogP contribution in [0.5, 0.6) is 0 Å². The molecule has 156 valence electrons. The predicted molar refractivity (Wildman–Crippen MR) is 99.4 cm³/mol. The van der Waals surface area contributed by atoms with Crippen molar-refractivity contribution in [3.63, 3.8) is 0 Å². The SMILES string of the molecule is CC1=CC(=O)C=C2C(=O)C[C@H]3[C@@H]4CC[C@](O)(C(=O)C=O)[C@@]4(C)CC(O)[C@]3(F)[C@@]12C. The molecule has 0 aromatic carbocycles. The van der Waals surface area contributed by atoms with Crippen LogP contribution >= 0.6 is 0 Å². The summed E-state index contributed by atoms with van der Waals surface area (Å²) in [6.07, 6.45) is 0.739. The first-order valence-electron chi connectivity index (χ1n) is 9.95. The van der Waals surface area contributed by atoms with Crippen LogP contribution in [0.25, 0.3) is 0 Å². The Morgan fingerprint density at radius 1 is 1.24 bits per heavy atom. The van der Waals surface area contributed by atoms with Crippen molar-refractivity contribution in [2.75, 3.05) is 0 Å². The fourth-order valence-corrected chi connectivity index (χ4v) is 6.90. The molecule has 0 aromatic heterocycles. The molecule has 1 unspecified atom stereocenters. The van der Waals surface area contributed by atoms with Crippen LogP contribution in [0, 0.1) is 22.7 Å². The molecule has 0 spiro atoms. The Kier molecular flexibility index (Phi) is 4.05. The van der Waals surface area contributed by atoms with E-state index in [4.69, 9.17) is 0 Å². The second-order valence-electron chi connectivity index (χ2n) is 9.54. The first-order chi connectivity index (χ1) is 13.4. The van der Waals surface area contributed by atoms with Crippen LogP contribution in [0.1, 0.15) is 46.5 Å². The Labute approximate surface area is 167 Å². The molecule has 7 heteroatoms. The summed E-state index contributed by atoms with van der Waals surface area (Å²) in [6.45, 7) is 4.73. The summed E-state index contributed by atoms with van der Waals surface area (Å²) in [5.74, 6) is -3.24. The molecule has 0 radical (unpaired) electrons. The van der Waals surface area contributed by atoms with Crippen molar-refractivity contribution in [1.29, 1.82) is 0 Å². The Morgan fingerprint density at radius 3 is 2.52 bits per heavy atom. The van der Waals surface area contributed by atoms with Gasteiger partial charge in [-0.05, 0) is 51.2 Å². The Bertz CT molecular complexity index is 920. The zero-order valence-corrected chi connectivity index (χ0v) is 16.7. The number of rotatable bonds is 2. The normalized spacial score (nSPS) is 48.8. The van der Waals surface area contributed by atoms with Crippen molar-refractivity contribution >= 4 is 23.6 Å². The van der Waals surface area contributed by atoms with Gasteiger partial charge in [0.15, 0.2) is 23.5 Å². The minimum Gasteiger partial charge on any atom is -0.390 e. The van der Waals surface area contributed by atoms with Crippen LogP contribution in [-0.4, -0.2) is 51.2 Å². The Hall–Kier alpha value is -1.99. The van der Waals surface area contributed by atoms with Gasteiger partial charge in [-0.2, -0.15) is 0 Å². The summed E-state index contributed by atoms with van der Waals surface area (Å²) in [7, 11) is 0. The van der Waals surface area contributed by atoms with Gasteiger partial charge in [0, 0.05) is 23.3 Å². The van der Waals surface area contributed by atoms with Crippen LogP contribution < -0.4 is 0 Å². The maximum absolute atomic E-state index is 17.0. The van der Waals surface area contributed by atoms with E-state index < -0.39 is 45.8 Å². The standard InChI is InChI=1S/C22H25FO6/c1-11-6-12(25)7-15-16(26)8-14-13-4-5-21(29,18(28)10-24)19(13,2)9-17(27)22(14,23)20(11,15)3/h6-7,10,13-14,17,27,29H,4-5,8-9H2,1-3H3/t13-,14-,17?,19-,20-,21-,22-/m0/s1. The fourth-order valence-electron chi connectivity index (χ4n) is 6.90. The summed E-state index contributed by atoms with van der Waals surface area (Å²) in [5, 5.41) is 22.2. The topological polar surface area (TPSA) is 109 Å². The Morgan fingerprint density at radius 2 is 1.90 bits per heavy atom. The number of Topliss-reactive ketones (excluding diaryl/α,β-unsaturated/α-hetero) is 2. The third-order valence-corrected chi connectivity index (χ3v) is 8.67. The number of aliphatic hydroxyl groups excluding tert-OH is 1. The average Bonchev–Trinajstić information content (AvgIpc) is 2.91. The summed E-state index contributed by atoms with van der Waals surface area (Å²) < 4.78 is 17.0. The smallest absolute Gasteiger partial charge is 0.227 e. The first-order valence-corrected chi connectivity index (χ1v) is 9.95. The number of alkyl halides is 1. The number of halogens is 1. The molecule has 0 bridgehead atoms. The molecule has 0 aliphatic heterocycles. The molecule has 7 atom stereocenters. The molecule has 0 saturated heterocycles. The van der Waals surface area contributed by atoms with Crippen molar-refractivity contribution in [2.45, 2.75) is 63.8 Å². The van der Waals surface area contributed by atoms with E-state index in [2.05, 4.69) is 0 Å². The van der Waals surface area contributed by atoms with Crippen molar-refractivity contribution < 1.29 is 33.8 Å². The van der Waals surface area contributed by atoms with E-state index in [0.29, 0.717) is 5.57 Å². The van der Waals surface area contributed by atoms with E-state index in [1.165, 1.54) is 6.08 Å². The van der Waals surface area contributed by atoms with E-state index in [-0.39, 0.29) is 49.1 Å². The summed E-state index contributed by atoms with van der Waals surface area (Å²) in [4.78, 5) is 48.4. The summed E-state index contributed by atoms with van der Waals surface area (Å²) in [6, 6.07) is 0. The van der Waals surface area contributed by atoms with Crippen molar-refractivity contribution in [2.24, 2.45) is 22.7 Å². The van der Waals surface area contributed by atoms with Crippen LogP contribution in [0.3, 0.4) is 0 Å². The maximum atomic E-state index is 17.0. The lowest BCUT2D eigenvalue weighted by atomic mass is 9.43. The molecule has 4 rings (SSSR count). The maximum Gasteiger partial charge on any atom is 0.227 e. The minimum absolute atomic E-state index is 0.0219. The molecule has 29 heavy (non-hydrogen) atoms. The first kappa shape index (κ1) is 20.3. The van der Waals surface area contributed by atoms with Crippen LogP contribution in [0.4, 0.5) is 4.39 Å². The van der Waals surface area contributed by atoms with Crippen LogP contribution in [0.15, 0.2) is 23.3 Å². The third-order valence-electron chi connectivity index (χ3n) is 8.67. The minimum atomic E-state index is -2.24. The molecule has 2 N–H and O–H groups in total. The molecule has 3 saturated carbocycles. The molecular formula is C22H25FO6. The number of allylic oxidation sites excluding steroid dienone is 4. The molecule has 4 aliphatic rings.